The van der Waals surface area contributed by atoms with Crippen LogP contribution in [0.4, 0.5) is 0 Å². The summed E-state index contributed by atoms with van der Waals surface area (Å²) >= 11 is 1.41. The molecule has 0 amide bonds. The molecule has 1 aliphatic heterocycles. The van der Waals surface area contributed by atoms with E-state index in [9.17, 15) is 9.59 Å². The molecular formula is C34H40O7S. The number of rotatable bonds is 15. The zero-order valence-corrected chi connectivity index (χ0v) is 25.1. The van der Waals surface area contributed by atoms with E-state index in [1.54, 1.807) is 48.5 Å². The number of ether oxygens (including phenoxy) is 5. The third-order valence-electron chi connectivity index (χ3n) is 6.82. The van der Waals surface area contributed by atoms with Gasteiger partial charge >= 0.3 is 11.9 Å². The Bertz CT molecular complexity index is 1210. The van der Waals surface area contributed by atoms with Gasteiger partial charge in [-0.1, -0.05) is 93.0 Å². The van der Waals surface area contributed by atoms with Gasteiger partial charge in [0.1, 0.15) is 17.6 Å². The molecule has 8 heteroatoms. The van der Waals surface area contributed by atoms with Gasteiger partial charge in [0, 0.05) is 18.1 Å². The monoisotopic (exact) mass is 592 g/mol. The molecular weight excluding hydrogens is 552 g/mol. The first-order valence-electron chi connectivity index (χ1n) is 14.7. The number of hydrogen-bond acceptors (Lipinski definition) is 8. The fourth-order valence-corrected chi connectivity index (χ4v) is 5.67. The third kappa shape index (κ3) is 9.16. The first kappa shape index (κ1) is 31.8. The predicted octanol–water partition coefficient (Wildman–Crippen LogP) is 6.96. The quantitative estimate of drug-likeness (QED) is 0.138. The zero-order valence-electron chi connectivity index (χ0n) is 24.3. The van der Waals surface area contributed by atoms with Gasteiger partial charge in [0.15, 0.2) is 12.2 Å². The van der Waals surface area contributed by atoms with Gasteiger partial charge in [-0.05, 0) is 49.2 Å². The summed E-state index contributed by atoms with van der Waals surface area (Å²) in [5.41, 5.74) is 0.0921. The van der Waals surface area contributed by atoms with Gasteiger partial charge in [-0.15, -0.1) is 0 Å². The summed E-state index contributed by atoms with van der Waals surface area (Å²) < 4.78 is 31.4. The highest BCUT2D eigenvalue weighted by atomic mass is 32.2. The van der Waals surface area contributed by atoms with Crippen LogP contribution in [0.1, 0.15) is 60.2 Å². The average molecular weight is 593 g/mol. The van der Waals surface area contributed by atoms with E-state index >= 15 is 0 Å². The van der Waals surface area contributed by atoms with Crippen molar-refractivity contribution in [3.8, 4) is 0 Å². The Balaban J connectivity index is 1.71. The van der Waals surface area contributed by atoms with Crippen molar-refractivity contribution in [2.45, 2.75) is 74.3 Å². The summed E-state index contributed by atoms with van der Waals surface area (Å²) in [5.74, 6) is -1.06. The van der Waals surface area contributed by atoms with Crippen molar-refractivity contribution in [2.75, 3.05) is 19.8 Å². The smallest absolute Gasteiger partial charge is 0.338 e. The van der Waals surface area contributed by atoms with Crippen LogP contribution in [-0.2, 0) is 23.7 Å². The SMILES string of the molecule is CCCCOCC1O[C@H](Sc2ccccc2)C(OC(=O)c2ccccc2)C(OC(=O)c2ccccc2)[C@@H]1OCCCC. The summed E-state index contributed by atoms with van der Waals surface area (Å²) in [7, 11) is 0. The molecule has 3 aromatic rings. The van der Waals surface area contributed by atoms with Gasteiger partial charge in [0.25, 0.3) is 0 Å². The summed E-state index contributed by atoms with van der Waals surface area (Å²) in [6, 6.07) is 27.3. The van der Waals surface area contributed by atoms with Crippen molar-refractivity contribution in [1.82, 2.24) is 0 Å². The Hall–Kier alpha value is -3.17. The van der Waals surface area contributed by atoms with Gasteiger partial charge in [-0.2, -0.15) is 0 Å². The van der Waals surface area contributed by atoms with Gasteiger partial charge in [-0.3, -0.25) is 0 Å². The topological polar surface area (TPSA) is 80.3 Å². The van der Waals surface area contributed by atoms with Gasteiger partial charge in [0.05, 0.1) is 17.7 Å². The minimum Gasteiger partial charge on any atom is -0.452 e. The molecule has 0 bridgehead atoms. The van der Waals surface area contributed by atoms with E-state index in [1.165, 1.54) is 11.8 Å². The van der Waals surface area contributed by atoms with Crippen LogP contribution in [0.3, 0.4) is 0 Å². The second-order valence-corrected chi connectivity index (χ2v) is 11.2. The lowest BCUT2D eigenvalue weighted by molar-refractivity contribution is -0.224. The number of thioether (sulfide) groups is 1. The van der Waals surface area contributed by atoms with E-state index in [1.807, 2.05) is 42.5 Å². The number of carbonyl (C=O) groups excluding carboxylic acids is 2. The molecule has 0 saturated carbocycles. The fraction of sp³-hybridized carbons (Fsp3) is 0.412. The van der Waals surface area contributed by atoms with Crippen molar-refractivity contribution in [1.29, 1.82) is 0 Å². The summed E-state index contributed by atoms with van der Waals surface area (Å²) in [5, 5.41) is 0. The predicted molar refractivity (Wildman–Crippen MR) is 163 cm³/mol. The van der Waals surface area contributed by atoms with Crippen LogP contribution in [0.2, 0.25) is 0 Å². The first-order chi connectivity index (χ1) is 20.6. The third-order valence-corrected chi connectivity index (χ3v) is 7.98. The van der Waals surface area contributed by atoms with Crippen LogP contribution in [0.15, 0.2) is 95.9 Å². The molecule has 0 aromatic heterocycles. The Morgan fingerprint density at radius 3 is 1.79 bits per heavy atom. The number of benzene rings is 3. The van der Waals surface area contributed by atoms with E-state index in [-0.39, 0.29) is 6.61 Å². The summed E-state index contributed by atoms with van der Waals surface area (Å²) in [6.07, 6.45) is 0.482. The van der Waals surface area contributed by atoms with Crippen molar-refractivity contribution < 1.29 is 33.3 Å². The van der Waals surface area contributed by atoms with Gasteiger partial charge < -0.3 is 23.7 Å². The molecule has 5 atom stereocenters. The lowest BCUT2D eigenvalue weighted by atomic mass is 9.98. The maximum absolute atomic E-state index is 13.5. The molecule has 7 nitrogen and oxygen atoms in total. The molecule has 4 rings (SSSR count). The van der Waals surface area contributed by atoms with Crippen LogP contribution in [-0.4, -0.2) is 61.6 Å². The Morgan fingerprint density at radius 1 is 0.690 bits per heavy atom. The molecule has 1 aliphatic rings. The summed E-state index contributed by atoms with van der Waals surface area (Å²) in [6.45, 7) is 5.45. The van der Waals surface area contributed by atoms with Gasteiger partial charge in [-0.25, -0.2) is 9.59 Å². The van der Waals surface area contributed by atoms with E-state index in [0.29, 0.717) is 24.3 Å². The molecule has 0 aliphatic carbocycles. The average Bonchev–Trinajstić information content (AvgIpc) is 3.03. The van der Waals surface area contributed by atoms with E-state index in [2.05, 4.69) is 13.8 Å². The highest BCUT2D eigenvalue weighted by Crippen LogP contribution is 2.38. The number of unbranched alkanes of at least 4 members (excludes halogenated alkanes) is 2. The zero-order chi connectivity index (χ0) is 29.6. The molecule has 1 heterocycles. The molecule has 0 N–H and O–H groups in total. The standard InChI is InChI=1S/C34H40O7S/c1-3-5-22-37-24-28-29(38-23-6-4-2)30(40-32(35)25-16-10-7-11-17-25)31(41-33(36)26-18-12-8-13-19-26)34(39-28)42-27-20-14-9-15-21-27/h7-21,28-31,34H,3-6,22-24H2,1-2H3/t28?,29-,30?,31?,34-/m1/s1. The largest absolute Gasteiger partial charge is 0.452 e. The van der Waals surface area contributed by atoms with Crippen LogP contribution in [0.25, 0.3) is 0 Å². The normalized spacial score (nSPS) is 21.9. The van der Waals surface area contributed by atoms with Crippen molar-refractivity contribution in [2.24, 2.45) is 0 Å². The molecule has 3 aromatic carbocycles. The first-order valence-corrected chi connectivity index (χ1v) is 15.6. The Kier molecular flexibility index (Phi) is 12.9. The Morgan fingerprint density at radius 2 is 1.21 bits per heavy atom. The van der Waals surface area contributed by atoms with Crippen molar-refractivity contribution >= 4 is 23.7 Å². The molecule has 3 unspecified atom stereocenters. The number of esters is 2. The van der Waals surface area contributed by atoms with Crippen LogP contribution in [0, 0.1) is 0 Å². The van der Waals surface area contributed by atoms with Crippen LogP contribution in [0.5, 0.6) is 0 Å². The maximum atomic E-state index is 13.5. The Labute approximate surface area is 252 Å². The molecule has 224 valence electrons. The molecule has 1 fully saturated rings. The highest BCUT2D eigenvalue weighted by Gasteiger charge is 2.51. The highest BCUT2D eigenvalue weighted by molar-refractivity contribution is 7.99. The second kappa shape index (κ2) is 17.1. The van der Waals surface area contributed by atoms with Crippen LogP contribution < -0.4 is 0 Å². The van der Waals surface area contributed by atoms with E-state index in [4.69, 9.17) is 23.7 Å². The number of carbonyl (C=O) groups is 2. The van der Waals surface area contributed by atoms with Crippen LogP contribution >= 0.6 is 11.8 Å². The molecule has 0 spiro atoms. The molecule has 42 heavy (non-hydrogen) atoms. The lowest BCUT2D eigenvalue weighted by Crippen LogP contribution is -2.61. The molecule has 0 radical (unpaired) electrons. The minimum absolute atomic E-state index is 0.251. The van der Waals surface area contributed by atoms with Gasteiger partial charge in [0.2, 0.25) is 0 Å². The second-order valence-electron chi connectivity index (χ2n) is 10.1. The van der Waals surface area contributed by atoms with E-state index in [0.717, 1.165) is 30.6 Å². The minimum atomic E-state index is -0.964. The fourth-order valence-electron chi connectivity index (χ4n) is 4.54. The molecule has 1 saturated heterocycles. The number of hydrogen-bond donors (Lipinski definition) is 0. The van der Waals surface area contributed by atoms with Crippen molar-refractivity contribution in [3.63, 3.8) is 0 Å². The van der Waals surface area contributed by atoms with E-state index < -0.39 is 41.8 Å². The lowest BCUT2D eigenvalue weighted by Gasteiger charge is -2.45. The summed E-state index contributed by atoms with van der Waals surface area (Å²) in [4.78, 5) is 27.8. The van der Waals surface area contributed by atoms with Crippen molar-refractivity contribution in [3.05, 3.63) is 102 Å². The maximum Gasteiger partial charge on any atom is 0.338 e.